The van der Waals surface area contributed by atoms with Crippen LogP contribution < -0.4 is 5.73 Å². The predicted octanol–water partition coefficient (Wildman–Crippen LogP) is 4.26. The molecule has 0 aliphatic carbocycles. The van der Waals surface area contributed by atoms with E-state index in [9.17, 15) is 4.79 Å². The Morgan fingerprint density at radius 1 is 0.704 bits per heavy atom. The van der Waals surface area contributed by atoms with Gasteiger partial charge < -0.3 is 10.6 Å². The van der Waals surface area contributed by atoms with E-state index in [1.165, 1.54) is 71.0 Å². The number of hydrogen-bond acceptors (Lipinski definition) is 2. The van der Waals surface area contributed by atoms with Crippen LogP contribution in [0.15, 0.2) is 0 Å². The van der Waals surface area contributed by atoms with Crippen molar-refractivity contribution >= 4 is 5.91 Å². The highest BCUT2D eigenvalue weighted by Crippen LogP contribution is 2.11. The largest absolute Gasteiger partial charge is 0.370 e. The van der Waals surface area contributed by atoms with E-state index in [1.54, 1.807) is 0 Å². The van der Waals surface area contributed by atoms with Crippen molar-refractivity contribution in [1.82, 2.24) is 4.90 Å². The molecule has 3 nitrogen and oxygen atoms in total. The number of carbonyl (C=O) groups excluding carboxylic acids is 1. The van der Waals surface area contributed by atoms with Gasteiger partial charge in [0.2, 0.25) is 5.91 Å². The van der Waals surface area contributed by atoms with E-state index in [0.29, 0.717) is 25.7 Å². The zero-order valence-corrected chi connectivity index (χ0v) is 17.0. The van der Waals surface area contributed by atoms with Crippen molar-refractivity contribution in [3.05, 3.63) is 0 Å². The molecule has 0 bridgehead atoms. The predicted molar refractivity (Wildman–Crippen MR) is 114 cm³/mol. The standard InChI is InChI=1S/C24H36N2O/c25-24(27)20-16-14-12-10-8-6-4-2-1-3-5-7-9-11-13-15-17-21-26-22-18-19-23-26/h2,5,7-9,11,13-23H2,(H2,25,27). The third kappa shape index (κ3) is 16.0. The molecule has 1 aliphatic heterocycles. The molecule has 1 heterocycles. The molecule has 0 aromatic rings. The third-order valence-corrected chi connectivity index (χ3v) is 4.68. The van der Waals surface area contributed by atoms with E-state index in [0.717, 1.165) is 12.8 Å². The lowest BCUT2D eigenvalue weighted by Gasteiger charge is -2.13. The number of carbonyl (C=O) groups is 1. The van der Waals surface area contributed by atoms with Crippen LogP contribution in [-0.4, -0.2) is 30.4 Å². The fourth-order valence-corrected chi connectivity index (χ4v) is 3.13. The van der Waals surface area contributed by atoms with Crippen LogP contribution in [0.4, 0.5) is 0 Å². The number of likely N-dealkylation sites (tertiary alicyclic amines) is 1. The minimum absolute atomic E-state index is 0.261. The van der Waals surface area contributed by atoms with Crippen LogP contribution in [0, 0.1) is 35.5 Å². The summed E-state index contributed by atoms with van der Waals surface area (Å²) in [7, 11) is 0. The van der Waals surface area contributed by atoms with E-state index in [-0.39, 0.29) is 5.91 Å². The smallest absolute Gasteiger partial charge is 0.217 e. The molecule has 1 rings (SSSR count). The monoisotopic (exact) mass is 368 g/mol. The molecule has 0 unspecified atom stereocenters. The van der Waals surface area contributed by atoms with Gasteiger partial charge in [0.25, 0.3) is 0 Å². The van der Waals surface area contributed by atoms with E-state index in [4.69, 9.17) is 5.73 Å². The normalized spacial score (nSPS) is 13.0. The molecule has 0 saturated carbocycles. The average Bonchev–Trinajstić information content (AvgIpc) is 3.17. The minimum Gasteiger partial charge on any atom is -0.370 e. The first-order valence-electron chi connectivity index (χ1n) is 10.7. The van der Waals surface area contributed by atoms with E-state index in [2.05, 4.69) is 40.4 Å². The van der Waals surface area contributed by atoms with Crippen molar-refractivity contribution < 1.29 is 4.79 Å². The van der Waals surface area contributed by atoms with Crippen LogP contribution >= 0.6 is 0 Å². The maximum atomic E-state index is 10.5. The summed E-state index contributed by atoms with van der Waals surface area (Å²) in [6, 6.07) is 0. The van der Waals surface area contributed by atoms with Gasteiger partial charge in [0.1, 0.15) is 0 Å². The van der Waals surface area contributed by atoms with Crippen molar-refractivity contribution in [1.29, 1.82) is 0 Å². The highest BCUT2D eigenvalue weighted by Gasteiger charge is 2.09. The van der Waals surface area contributed by atoms with Crippen molar-refractivity contribution in [3.63, 3.8) is 0 Å². The molecule has 0 aromatic heterocycles. The second-order valence-corrected chi connectivity index (χ2v) is 7.15. The first-order valence-corrected chi connectivity index (χ1v) is 10.7. The molecule has 1 saturated heterocycles. The number of primary amides is 1. The van der Waals surface area contributed by atoms with E-state index in [1.807, 2.05) is 0 Å². The number of nitrogens with two attached hydrogens (primary N) is 1. The van der Waals surface area contributed by atoms with Crippen LogP contribution in [-0.2, 0) is 4.79 Å². The first-order chi connectivity index (χ1) is 13.3. The topological polar surface area (TPSA) is 46.3 Å². The number of nitrogens with zero attached hydrogens (tertiary/aromatic N) is 1. The van der Waals surface area contributed by atoms with E-state index >= 15 is 0 Å². The van der Waals surface area contributed by atoms with Gasteiger partial charge in [-0.1, -0.05) is 49.4 Å². The molecule has 0 spiro atoms. The Bertz CT molecular complexity index is 571. The Balaban J connectivity index is 1.83. The van der Waals surface area contributed by atoms with Gasteiger partial charge >= 0.3 is 0 Å². The van der Waals surface area contributed by atoms with Crippen LogP contribution in [0.5, 0.6) is 0 Å². The van der Waals surface area contributed by atoms with Gasteiger partial charge in [0.05, 0.1) is 12.8 Å². The summed E-state index contributed by atoms with van der Waals surface area (Å²) in [6.07, 6.45) is 14.9. The van der Waals surface area contributed by atoms with Gasteiger partial charge in [-0.2, -0.15) is 0 Å². The number of unbranched alkanes of at least 4 members (excludes halogenated alkanes) is 7. The van der Waals surface area contributed by atoms with Crippen LogP contribution in [0.25, 0.3) is 0 Å². The lowest BCUT2D eigenvalue weighted by Crippen LogP contribution is -2.20. The molecule has 0 atom stereocenters. The van der Waals surface area contributed by atoms with Gasteiger partial charge in [0, 0.05) is 19.3 Å². The molecule has 2 N–H and O–H groups in total. The maximum absolute atomic E-state index is 10.5. The van der Waals surface area contributed by atoms with Gasteiger partial charge in [-0.15, -0.1) is 11.8 Å². The molecule has 148 valence electrons. The molecule has 0 radical (unpaired) electrons. The summed E-state index contributed by atoms with van der Waals surface area (Å²) >= 11 is 0. The lowest BCUT2D eigenvalue weighted by atomic mass is 10.1. The number of amides is 1. The fraction of sp³-hybridized carbons (Fsp3) is 0.708. The van der Waals surface area contributed by atoms with Gasteiger partial charge in [0.15, 0.2) is 0 Å². The SMILES string of the molecule is NC(=O)CCCC#CCC#CCC#CCCCCCCCCN1CCCC1. The molecule has 27 heavy (non-hydrogen) atoms. The van der Waals surface area contributed by atoms with Crippen molar-refractivity contribution in [3.8, 4) is 35.5 Å². The molecule has 3 heteroatoms. The maximum Gasteiger partial charge on any atom is 0.217 e. The lowest BCUT2D eigenvalue weighted by molar-refractivity contribution is -0.118. The molecule has 1 amide bonds. The fourth-order valence-electron chi connectivity index (χ4n) is 3.13. The van der Waals surface area contributed by atoms with Crippen LogP contribution in [0.3, 0.4) is 0 Å². The Kier molecular flexibility index (Phi) is 15.0. The van der Waals surface area contributed by atoms with Crippen molar-refractivity contribution in [2.45, 2.75) is 89.9 Å². The Hall–Kier alpha value is -1.89. The third-order valence-electron chi connectivity index (χ3n) is 4.68. The summed E-state index contributed by atoms with van der Waals surface area (Å²) in [5, 5.41) is 0. The Morgan fingerprint density at radius 2 is 1.22 bits per heavy atom. The number of hydrogen-bond donors (Lipinski definition) is 1. The molecular formula is C24H36N2O. The molecular weight excluding hydrogens is 332 g/mol. The summed E-state index contributed by atoms with van der Waals surface area (Å²) in [4.78, 5) is 13.2. The summed E-state index contributed by atoms with van der Waals surface area (Å²) in [6.45, 7) is 3.97. The molecule has 1 fully saturated rings. The molecule has 1 aliphatic rings. The second kappa shape index (κ2) is 17.5. The van der Waals surface area contributed by atoms with Crippen molar-refractivity contribution in [2.24, 2.45) is 5.73 Å². The Labute approximate surface area is 166 Å². The summed E-state index contributed by atoms with van der Waals surface area (Å²) in [5.74, 6) is 18.1. The first kappa shape index (κ1) is 23.1. The Morgan fingerprint density at radius 3 is 1.85 bits per heavy atom. The average molecular weight is 369 g/mol. The highest BCUT2D eigenvalue weighted by atomic mass is 16.1. The second-order valence-electron chi connectivity index (χ2n) is 7.15. The van der Waals surface area contributed by atoms with E-state index < -0.39 is 0 Å². The van der Waals surface area contributed by atoms with Crippen LogP contribution in [0.1, 0.15) is 89.9 Å². The highest BCUT2D eigenvalue weighted by molar-refractivity contribution is 5.73. The van der Waals surface area contributed by atoms with Gasteiger partial charge in [-0.3, -0.25) is 4.79 Å². The zero-order chi connectivity index (χ0) is 19.4. The quantitative estimate of drug-likeness (QED) is 0.437. The van der Waals surface area contributed by atoms with Crippen molar-refractivity contribution in [2.75, 3.05) is 19.6 Å². The summed E-state index contributed by atoms with van der Waals surface area (Å²) < 4.78 is 0. The van der Waals surface area contributed by atoms with Gasteiger partial charge in [-0.05, 0) is 51.7 Å². The summed E-state index contributed by atoms with van der Waals surface area (Å²) in [5.41, 5.74) is 5.06. The minimum atomic E-state index is -0.261. The van der Waals surface area contributed by atoms with Crippen LogP contribution in [0.2, 0.25) is 0 Å². The number of rotatable bonds is 11. The van der Waals surface area contributed by atoms with Gasteiger partial charge in [-0.25, -0.2) is 0 Å². The molecule has 0 aromatic carbocycles. The zero-order valence-electron chi connectivity index (χ0n) is 17.0.